The standard InChI is InChI=1S/C19H21BrN2O5S/c1-4-27-19(24)14-10-9-13(2)16(11-14)21-18(23)12-22(28(3,25)26)17-8-6-5-7-15(17)20/h5-11H,4,12H2,1-3H3,(H,21,23). The number of hydrogen-bond acceptors (Lipinski definition) is 5. The van der Waals surface area contributed by atoms with Crippen molar-refractivity contribution in [2.75, 3.05) is 29.0 Å². The van der Waals surface area contributed by atoms with Gasteiger partial charge < -0.3 is 10.1 Å². The van der Waals surface area contributed by atoms with Gasteiger partial charge in [0.1, 0.15) is 6.54 Å². The molecular formula is C19H21BrN2O5S. The molecule has 7 nitrogen and oxygen atoms in total. The Labute approximate surface area is 172 Å². The molecular weight excluding hydrogens is 448 g/mol. The molecule has 0 saturated heterocycles. The molecule has 0 unspecified atom stereocenters. The number of para-hydroxylation sites is 1. The molecule has 0 spiro atoms. The van der Waals surface area contributed by atoms with E-state index in [4.69, 9.17) is 4.74 Å². The highest BCUT2D eigenvalue weighted by Gasteiger charge is 2.23. The summed E-state index contributed by atoms with van der Waals surface area (Å²) < 4.78 is 31.0. The van der Waals surface area contributed by atoms with Gasteiger partial charge in [-0.2, -0.15) is 0 Å². The van der Waals surface area contributed by atoms with Gasteiger partial charge in [-0.1, -0.05) is 18.2 Å². The van der Waals surface area contributed by atoms with Crippen LogP contribution in [0.4, 0.5) is 11.4 Å². The Kier molecular flexibility index (Phi) is 7.20. The lowest BCUT2D eigenvalue weighted by atomic mass is 10.1. The lowest BCUT2D eigenvalue weighted by Gasteiger charge is -2.23. The second kappa shape index (κ2) is 9.20. The van der Waals surface area contributed by atoms with Crippen molar-refractivity contribution in [1.82, 2.24) is 0 Å². The summed E-state index contributed by atoms with van der Waals surface area (Å²) in [4.78, 5) is 24.5. The van der Waals surface area contributed by atoms with E-state index in [1.54, 1.807) is 50.2 Å². The van der Waals surface area contributed by atoms with Gasteiger partial charge in [-0.15, -0.1) is 0 Å². The first-order chi connectivity index (χ1) is 13.1. The number of rotatable bonds is 7. The van der Waals surface area contributed by atoms with Crippen LogP contribution in [0, 0.1) is 6.92 Å². The SMILES string of the molecule is CCOC(=O)c1ccc(C)c(NC(=O)CN(c2ccccc2Br)S(C)(=O)=O)c1. The number of nitrogens with one attached hydrogen (secondary N) is 1. The number of amides is 1. The molecule has 1 N–H and O–H groups in total. The number of ether oxygens (including phenoxy) is 1. The zero-order valence-corrected chi connectivity index (χ0v) is 18.1. The second-order valence-electron chi connectivity index (χ2n) is 6.02. The van der Waals surface area contributed by atoms with Crippen LogP contribution >= 0.6 is 15.9 Å². The summed E-state index contributed by atoms with van der Waals surface area (Å²) in [7, 11) is -3.70. The van der Waals surface area contributed by atoms with Crippen molar-refractivity contribution in [3.63, 3.8) is 0 Å². The normalized spacial score (nSPS) is 11.0. The maximum atomic E-state index is 12.6. The third-order valence-electron chi connectivity index (χ3n) is 3.83. The minimum absolute atomic E-state index is 0.240. The molecule has 0 radical (unpaired) electrons. The molecule has 0 saturated carbocycles. The van der Waals surface area contributed by atoms with E-state index in [1.165, 1.54) is 6.07 Å². The summed E-state index contributed by atoms with van der Waals surface area (Å²) in [6, 6.07) is 11.5. The van der Waals surface area contributed by atoms with Crippen LogP contribution in [-0.4, -0.2) is 39.7 Å². The molecule has 0 heterocycles. The molecule has 9 heteroatoms. The van der Waals surface area contributed by atoms with E-state index in [9.17, 15) is 18.0 Å². The summed E-state index contributed by atoms with van der Waals surface area (Å²) in [6.07, 6.45) is 1.03. The zero-order chi connectivity index (χ0) is 20.9. The van der Waals surface area contributed by atoms with Crippen molar-refractivity contribution in [3.8, 4) is 0 Å². The Bertz CT molecular complexity index is 992. The van der Waals surface area contributed by atoms with Gasteiger partial charge in [-0.3, -0.25) is 9.10 Å². The van der Waals surface area contributed by atoms with Crippen LogP contribution in [0.15, 0.2) is 46.9 Å². The predicted octanol–water partition coefficient (Wildman–Crippen LogP) is 3.34. The minimum Gasteiger partial charge on any atom is -0.462 e. The van der Waals surface area contributed by atoms with Crippen LogP contribution in [0.2, 0.25) is 0 Å². The van der Waals surface area contributed by atoms with E-state index >= 15 is 0 Å². The molecule has 2 aromatic rings. The second-order valence-corrected chi connectivity index (χ2v) is 8.78. The van der Waals surface area contributed by atoms with E-state index in [-0.39, 0.29) is 6.61 Å². The fourth-order valence-corrected chi connectivity index (χ4v) is 3.94. The van der Waals surface area contributed by atoms with Crippen molar-refractivity contribution < 1.29 is 22.7 Å². The highest BCUT2D eigenvalue weighted by Crippen LogP contribution is 2.27. The number of carbonyl (C=O) groups excluding carboxylic acids is 2. The monoisotopic (exact) mass is 468 g/mol. The Morgan fingerprint density at radius 3 is 2.46 bits per heavy atom. The molecule has 0 atom stereocenters. The van der Waals surface area contributed by atoms with Crippen LogP contribution < -0.4 is 9.62 Å². The van der Waals surface area contributed by atoms with Gasteiger partial charge in [-0.05, 0) is 59.6 Å². The van der Waals surface area contributed by atoms with E-state index in [1.807, 2.05) is 0 Å². The lowest BCUT2D eigenvalue weighted by molar-refractivity contribution is -0.114. The number of benzene rings is 2. The van der Waals surface area contributed by atoms with Crippen molar-refractivity contribution in [2.45, 2.75) is 13.8 Å². The lowest BCUT2D eigenvalue weighted by Crippen LogP contribution is -2.37. The smallest absolute Gasteiger partial charge is 0.338 e. The van der Waals surface area contributed by atoms with Gasteiger partial charge in [-0.25, -0.2) is 13.2 Å². The minimum atomic E-state index is -3.70. The third kappa shape index (κ3) is 5.56. The fraction of sp³-hybridized carbons (Fsp3) is 0.263. The third-order valence-corrected chi connectivity index (χ3v) is 5.63. The Morgan fingerprint density at radius 2 is 1.86 bits per heavy atom. The maximum Gasteiger partial charge on any atom is 0.338 e. The first kappa shape index (κ1) is 21.9. The predicted molar refractivity (Wildman–Crippen MR) is 112 cm³/mol. The molecule has 28 heavy (non-hydrogen) atoms. The van der Waals surface area contributed by atoms with Gasteiger partial charge in [0.25, 0.3) is 0 Å². The van der Waals surface area contributed by atoms with Gasteiger partial charge in [0.15, 0.2) is 0 Å². The molecule has 150 valence electrons. The molecule has 2 aromatic carbocycles. The van der Waals surface area contributed by atoms with Crippen LogP contribution in [0.5, 0.6) is 0 Å². The Hall–Kier alpha value is -2.39. The zero-order valence-electron chi connectivity index (χ0n) is 15.7. The van der Waals surface area contributed by atoms with Crippen molar-refractivity contribution >= 4 is 49.2 Å². The van der Waals surface area contributed by atoms with E-state index < -0.39 is 28.4 Å². The Morgan fingerprint density at radius 1 is 1.18 bits per heavy atom. The number of sulfonamides is 1. The van der Waals surface area contributed by atoms with E-state index in [0.29, 0.717) is 21.4 Å². The van der Waals surface area contributed by atoms with Crippen LogP contribution in [-0.2, 0) is 19.6 Å². The van der Waals surface area contributed by atoms with Gasteiger partial charge in [0.05, 0.1) is 24.1 Å². The van der Waals surface area contributed by atoms with Crippen molar-refractivity contribution in [3.05, 3.63) is 58.1 Å². The molecule has 0 aliphatic rings. The summed E-state index contributed by atoms with van der Waals surface area (Å²) in [6.45, 7) is 3.30. The highest BCUT2D eigenvalue weighted by molar-refractivity contribution is 9.10. The van der Waals surface area contributed by atoms with Gasteiger partial charge >= 0.3 is 5.97 Å². The number of esters is 1. The number of nitrogens with zero attached hydrogens (tertiary/aromatic N) is 1. The molecule has 2 rings (SSSR count). The Balaban J connectivity index is 2.25. The topological polar surface area (TPSA) is 92.8 Å². The first-order valence-electron chi connectivity index (χ1n) is 8.43. The largest absolute Gasteiger partial charge is 0.462 e. The molecule has 0 bridgehead atoms. The number of aryl methyl sites for hydroxylation is 1. The fourth-order valence-electron chi connectivity index (χ4n) is 2.45. The van der Waals surface area contributed by atoms with Gasteiger partial charge in [0.2, 0.25) is 15.9 Å². The molecule has 0 fully saturated rings. The summed E-state index contributed by atoms with van der Waals surface area (Å²) in [5, 5.41) is 2.67. The van der Waals surface area contributed by atoms with E-state index in [0.717, 1.165) is 16.1 Å². The molecule has 0 aromatic heterocycles. The summed E-state index contributed by atoms with van der Waals surface area (Å²) in [5.41, 5.74) is 1.80. The summed E-state index contributed by atoms with van der Waals surface area (Å²) in [5.74, 6) is -1.03. The first-order valence-corrected chi connectivity index (χ1v) is 11.1. The van der Waals surface area contributed by atoms with Crippen LogP contribution in [0.1, 0.15) is 22.8 Å². The number of anilines is 2. The molecule has 1 amide bonds. The number of halogens is 1. The van der Waals surface area contributed by atoms with Crippen molar-refractivity contribution in [2.24, 2.45) is 0 Å². The highest BCUT2D eigenvalue weighted by atomic mass is 79.9. The molecule has 0 aliphatic carbocycles. The average Bonchev–Trinajstić information content (AvgIpc) is 2.61. The summed E-state index contributed by atoms with van der Waals surface area (Å²) >= 11 is 3.31. The molecule has 0 aliphatic heterocycles. The maximum absolute atomic E-state index is 12.6. The quantitative estimate of drug-likeness (QED) is 0.628. The average molecular weight is 469 g/mol. The number of hydrogen-bond donors (Lipinski definition) is 1. The van der Waals surface area contributed by atoms with Crippen LogP contribution in [0.25, 0.3) is 0 Å². The van der Waals surface area contributed by atoms with Gasteiger partial charge in [0, 0.05) is 10.2 Å². The van der Waals surface area contributed by atoms with Crippen LogP contribution in [0.3, 0.4) is 0 Å². The van der Waals surface area contributed by atoms with E-state index in [2.05, 4.69) is 21.2 Å². The number of carbonyl (C=O) groups is 2. The van der Waals surface area contributed by atoms with Crippen molar-refractivity contribution in [1.29, 1.82) is 0 Å².